The van der Waals surface area contributed by atoms with Crippen LogP contribution in [0.2, 0.25) is 0 Å². The van der Waals surface area contributed by atoms with Crippen LogP contribution in [-0.4, -0.2) is 15.8 Å². The summed E-state index contributed by atoms with van der Waals surface area (Å²) in [6, 6.07) is 8.44. The molecule has 1 amide bonds. The van der Waals surface area contributed by atoms with Gasteiger partial charge in [-0.15, -0.1) is 22.7 Å². The molecule has 0 aliphatic carbocycles. The summed E-state index contributed by atoms with van der Waals surface area (Å²) in [5.74, 6) is -0.387. The number of carbonyl (C=O) groups excluding carboxylic acids is 1. The highest BCUT2D eigenvalue weighted by Gasteiger charge is 2.15. The van der Waals surface area contributed by atoms with E-state index in [9.17, 15) is 14.9 Å². The minimum atomic E-state index is -0.470. The lowest BCUT2D eigenvalue weighted by molar-refractivity contribution is -0.385. The highest BCUT2D eigenvalue weighted by molar-refractivity contribution is 7.20. The van der Waals surface area contributed by atoms with Crippen molar-refractivity contribution in [3.8, 4) is 9.88 Å². The Kier molecular flexibility index (Phi) is 4.18. The maximum atomic E-state index is 12.2. The first kappa shape index (κ1) is 15.3. The number of nitro benzene ring substituents is 1. The van der Waals surface area contributed by atoms with E-state index in [1.54, 1.807) is 35.8 Å². The summed E-state index contributed by atoms with van der Waals surface area (Å²) >= 11 is 2.94. The summed E-state index contributed by atoms with van der Waals surface area (Å²) in [6.45, 7) is 1.65. The van der Waals surface area contributed by atoms with Crippen molar-refractivity contribution in [3.05, 3.63) is 62.5 Å². The first-order chi connectivity index (χ1) is 11.0. The van der Waals surface area contributed by atoms with Gasteiger partial charge in [0.05, 0.1) is 9.80 Å². The molecule has 2 aromatic heterocycles. The van der Waals surface area contributed by atoms with Crippen LogP contribution in [0.15, 0.2) is 41.1 Å². The van der Waals surface area contributed by atoms with E-state index in [4.69, 9.17) is 0 Å². The Hall–Kier alpha value is -2.58. The second kappa shape index (κ2) is 6.27. The Bertz CT molecular complexity index is 872. The third-order valence-electron chi connectivity index (χ3n) is 3.13. The number of aromatic nitrogens is 1. The highest BCUT2D eigenvalue weighted by atomic mass is 32.1. The molecule has 0 fully saturated rings. The molecule has 2 heterocycles. The fourth-order valence-corrected chi connectivity index (χ4v) is 3.58. The van der Waals surface area contributed by atoms with Gasteiger partial charge in [-0.25, -0.2) is 4.98 Å². The number of carbonyl (C=O) groups is 1. The summed E-state index contributed by atoms with van der Waals surface area (Å²) in [5, 5.41) is 18.0. The minimum absolute atomic E-state index is 0.0275. The zero-order valence-electron chi connectivity index (χ0n) is 12.0. The van der Waals surface area contributed by atoms with Gasteiger partial charge in [-0.3, -0.25) is 14.9 Å². The third-order valence-corrected chi connectivity index (χ3v) is 5.01. The molecule has 0 spiro atoms. The monoisotopic (exact) mass is 345 g/mol. The SMILES string of the molecule is Cc1ccc(NC(=O)c2csc(-c3cccs3)n2)cc1[N+](=O)[O-]. The van der Waals surface area contributed by atoms with Gasteiger partial charge >= 0.3 is 0 Å². The molecule has 3 rings (SSSR count). The first-order valence-electron chi connectivity index (χ1n) is 6.60. The number of thiazole rings is 1. The first-order valence-corrected chi connectivity index (χ1v) is 8.36. The number of hydrogen-bond acceptors (Lipinski definition) is 6. The van der Waals surface area contributed by atoms with Crippen LogP contribution in [0, 0.1) is 17.0 Å². The largest absolute Gasteiger partial charge is 0.320 e. The molecule has 0 aliphatic rings. The van der Waals surface area contributed by atoms with Crippen molar-refractivity contribution in [2.24, 2.45) is 0 Å². The van der Waals surface area contributed by atoms with Crippen molar-refractivity contribution in [2.45, 2.75) is 6.92 Å². The molecule has 0 saturated carbocycles. The molecule has 0 aliphatic heterocycles. The Morgan fingerprint density at radius 3 is 2.83 bits per heavy atom. The Morgan fingerprint density at radius 1 is 1.30 bits per heavy atom. The number of thiophene rings is 1. The Labute approximate surface area is 139 Å². The molecule has 0 radical (unpaired) electrons. The van der Waals surface area contributed by atoms with Gasteiger partial charge in [-0.05, 0) is 24.4 Å². The van der Waals surface area contributed by atoms with E-state index in [1.165, 1.54) is 17.4 Å². The number of rotatable bonds is 4. The van der Waals surface area contributed by atoms with Crippen LogP contribution in [0.25, 0.3) is 9.88 Å². The molecule has 8 heteroatoms. The zero-order chi connectivity index (χ0) is 16.4. The molecule has 1 aromatic carbocycles. The topological polar surface area (TPSA) is 85.1 Å². The van der Waals surface area contributed by atoms with Crippen molar-refractivity contribution >= 4 is 40.0 Å². The van der Waals surface area contributed by atoms with Crippen LogP contribution in [0.3, 0.4) is 0 Å². The van der Waals surface area contributed by atoms with Crippen molar-refractivity contribution in [1.29, 1.82) is 0 Å². The van der Waals surface area contributed by atoms with Crippen molar-refractivity contribution in [2.75, 3.05) is 5.32 Å². The van der Waals surface area contributed by atoms with E-state index >= 15 is 0 Å². The zero-order valence-corrected chi connectivity index (χ0v) is 13.6. The average molecular weight is 345 g/mol. The van der Waals surface area contributed by atoms with Crippen molar-refractivity contribution < 1.29 is 9.72 Å². The standard InChI is InChI=1S/C15H11N3O3S2/c1-9-4-5-10(7-12(9)18(20)21)16-14(19)11-8-23-15(17-11)13-3-2-6-22-13/h2-8H,1H3,(H,16,19). The van der Waals surface area contributed by atoms with Crippen LogP contribution in [-0.2, 0) is 0 Å². The van der Waals surface area contributed by atoms with Gasteiger partial charge in [0, 0.05) is 22.7 Å². The van der Waals surface area contributed by atoms with Crippen LogP contribution in [0.1, 0.15) is 16.1 Å². The number of aryl methyl sites for hydroxylation is 1. The molecule has 0 unspecified atom stereocenters. The number of nitrogens with zero attached hydrogens (tertiary/aromatic N) is 2. The van der Waals surface area contributed by atoms with Gasteiger partial charge < -0.3 is 5.32 Å². The summed E-state index contributed by atoms with van der Waals surface area (Å²) in [5.41, 5.74) is 1.18. The third kappa shape index (κ3) is 3.27. The lowest BCUT2D eigenvalue weighted by Gasteiger charge is -2.04. The summed E-state index contributed by atoms with van der Waals surface area (Å²) in [7, 11) is 0. The van der Waals surface area contributed by atoms with E-state index in [2.05, 4.69) is 10.3 Å². The molecular weight excluding hydrogens is 334 g/mol. The van der Waals surface area contributed by atoms with Crippen LogP contribution >= 0.6 is 22.7 Å². The summed E-state index contributed by atoms with van der Waals surface area (Å²) in [6.07, 6.45) is 0. The molecule has 1 N–H and O–H groups in total. The predicted octanol–water partition coefficient (Wildman–Crippen LogP) is 4.34. The average Bonchev–Trinajstić information content (AvgIpc) is 3.19. The Balaban J connectivity index is 1.80. The smallest absolute Gasteiger partial charge is 0.275 e. The molecule has 23 heavy (non-hydrogen) atoms. The van der Waals surface area contributed by atoms with E-state index in [1.807, 2.05) is 17.5 Å². The maximum Gasteiger partial charge on any atom is 0.275 e. The van der Waals surface area contributed by atoms with Gasteiger partial charge in [0.2, 0.25) is 0 Å². The quantitative estimate of drug-likeness (QED) is 0.563. The molecule has 116 valence electrons. The van der Waals surface area contributed by atoms with E-state index in [0.29, 0.717) is 16.9 Å². The number of hydrogen-bond donors (Lipinski definition) is 1. The maximum absolute atomic E-state index is 12.2. The van der Waals surface area contributed by atoms with Crippen molar-refractivity contribution in [3.63, 3.8) is 0 Å². The van der Waals surface area contributed by atoms with Crippen LogP contribution in [0.4, 0.5) is 11.4 Å². The predicted molar refractivity (Wildman–Crippen MR) is 91.2 cm³/mol. The fraction of sp³-hybridized carbons (Fsp3) is 0.0667. The van der Waals surface area contributed by atoms with E-state index in [-0.39, 0.29) is 11.6 Å². The second-order valence-electron chi connectivity index (χ2n) is 4.73. The molecule has 6 nitrogen and oxygen atoms in total. The number of benzene rings is 1. The van der Waals surface area contributed by atoms with Crippen molar-refractivity contribution in [1.82, 2.24) is 4.98 Å². The van der Waals surface area contributed by atoms with Gasteiger partial charge in [-0.2, -0.15) is 0 Å². The number of nitrogens with one attached hydrogen (secondary N) is 1. The normalized spacial score (nSPS) is 10.5. The number of amides is 1. The van der Waals surface area contributed by atoms with Gasteiger partial charge in [0.25, 0.3) is 11.6 Å². The summed E-state index contributed by atoms with van der Waals surface area (Å²) in [4.78, 5) is 28.0. The van der Waals surface area contributed by atoms with E-state index < -0.39 is 4.92 Å². The second-order valence-corrected chi connectivity index (χ2v) is 6.53. The Morgan fingerprint density at radius 2 is 2.13 bits per heavy atom. The molecule has 0 bridgehead atoms. The van der Waals surface area contributed by atoms with Crippen LogP contribution < -0.4 is 5.32 Å². The minimum Gasteiger partial charge on any atom is -0.320 e. The summed E-state index contributed by atoms with van der Waals surface area (Å²) < 4.78 is 0. The van der Waals surface area contributed by atoms with Gasteiger partial charge in [0.1, 0.15) is 10.7 Å². The molecule has 0 saturated heterocycles. The highest BCUT2D eigenvalue weighted by Crippen LogP contribution is 2.28. The lowest BCUT2D eigenvalue weighted by atomic mass is 10.2. The molecule has 0 atom stereocenters. The van der Waals surface area contributed by atoms with Gasteiger partial charge in [0.15, 0.2) is 0 Å². The van der Waals surface area contributed by atoms with E-state index in [0.717, 1.165) is 9.88 Å². The molecular formula is C15H11N3O3S2. The number of nitro groups is 1. The van der Waals surface area contributed by atoms with Crippen LogP contribution in [0.5, 0.6) is 0 Å². The molecule has 3 aromatic rings. The fourth-order valence-electron chi connectivity index (χ4n) is 1.97. The lowest BCUT2D eigenvalue weighted by Crippen LogP contribution is -2.12. The van der Waals surface area contributed by atoms with Gasteiger partial charge in [-0.1, -0.05) is 12.1 Å². The number of anilines is 1.